The quantitative estimate of drug-likeness (QED) is 0.580. The summed E-state index contributed by atoms with van der Waals surface area (Å²) in [6.45, 7) is 6.87. The molecule has 0 aromatic rings. The summed E-state index contributed by atoms with van der Waals surface area (Å²) < 4.78 is 5.22. The van der Waals surface area contributed by atoms with E-state index in [1.807, 2.05) is 0 Å². The summed E-state index contributed by atoms with van der Waals surface area (Å²) in [5.74, 6) is -1.54. The molecule has 2 atom stereocenters. The number of likely N-dealkylation sites (tertiary alicyclic amines) is 1. The molecule has 2 unspecified atom stereocenters. The molecule has 0 radical (unpaired) electrons. The van der Waals surface area contributed by atoms with Gasteiger partial charge in [-0.2, -0.15) is 0 Å². The molecule has 1 aliphatic heterocycles. The fourth-order valence-electron chi connectivity index (χ4n) is 1.97. The van der Waals surface area contributed by atoms with Gasteiger partial charge in [0.1, 0.15) is 5.60 Å². The molecule has 1 saturated heterocycles. The first-order chi connectivity index (χ1) is 9.60. The van der Waals surface area contributed by atoms with Gasteiger partial charge < -0.3 is 14.7 Å². The molecule has 0 saturated carbocycles. The van der Waals surface area contributed by atoms with E-state index in [0.717, 1.165) is 0 Å². The Balaban J connectivity index is 2.52. The fourth-order valence-corrected chi connectivity index (χ4v) is 1.97. The SMILES string of the molecule is CC(=O)NNC(=O)C1CCN(C(=O)OC(C)(C)C)CC1O. The summed E-state index contributed by atoms with van der Waals surface area (Å²) in [5, 5.41) is 10.00. The number of hydrogen-bond donors (Lipinski definition) is 3. The van der Waals surface area contributed by atoms with Gasteiger partial charge >= 0.3 is 6.09 Å². The number of nitrogens with zero attached hydrogens (tertiary/aromatic N) is 1. The monoisotopic (exact) mass is 301 g/mol. The molecule has 21 heavy (non-hydrogen) atoms. The molecule has 120 valence electrons. The maximum absolute atomic E-state index is 11.9. The largest absolute Gasteiger partial charge is 0.444 e. The molecule has 1 rings (SSSR count). The molecule has 8 nitrogen and oxygen atoms in total. The van der Waals surface area contributed by atoms with Gasteiger partial charge in [0.25, 0.3) is 0 Å². The molecule has 1 fully saturated rings. The number of carbonyl (C=O) groups is 3. The number of ether oxygens (including phenoxy) is 1. The molecule has 0 aliphatic carbocycles. The van der Waals surface area contributed by atoms with Crippen molar-refractivity contribution in [2.45, 2.75) is 45.8 Å². The van der Waals surface area contributed by atoms with Gasteiger partial charge in [0, 0.05) is 13.5 Å². The zero-order valence-electron chi connectivity index (χ0n) is 12.8. The zero-order valence-corrected chi connectivity index (χ0v) is 12.8. The van der Waals surface area contributed by atoms with Crippen LogP contribution in [0.15, 0.2) is 0 Å². The first kappa shape index (κ1) is 17.2. The van der Waals surface area contributed by atoms with Crippen molar-refractivity contribution in [3.05, 3.63) is 0 Å². The Hall–Kier alpha value is -1.83. The van der Waals surface area contributed by atoms with Gasteiger partial charge in [0.05, 0.1) is 18.6 Å². The highest BCUT2D eigenvalue weighted by atomic mass is 16.6. The van der Waals surface area contributed by atoms with E-state index in [0.29, 0.717) is 13.0 Å². The first-order valence-electron chi connectivity index (χ1n) is 6.82. The summed E-state index contributed by atoms with van der Waals surface area (Å²) >= 11 is 0. The Morgan fingerprint density at radius 2 is 1.86 bits per heavy atom. The van der Waals surface area contributed by atoms with E-state index in [4.69, 9.17) is 4.74 Å². The van der Waals surface area contributed by atoms with Gasteiger partial charge in [-0.1, -0.05) is 0 Å². The number of amides is 3. The maximum Gasteiger partial charge on any atom is 0.410 e. The summed E-state index contributed by atoms with van der Waals surface area (Å²) in [6.07, 6.45) is -1.21. The van der Waals surface area contributed by atoms with Crippen LogP contribution in [0.3, 0.4) is 0 Å². The van der Waals surface area contributed by atoms with Crippen LogP contribution in [0.25, 0.3) is 0 Å². The molecule has 0 spiro atoms. The number of hydrogen-bond acceptors (Lipinski definition) is 5. The Bertz CT molecular complexity index is 419. The Morgan fingerprint density at radius 1 is 1.24 bits per heavy atom. The van der Waals surface area contributed by atoms with Crippen LogP contribution in [0.1, 0.15) is 34.1 Å². The van der Waals surface area contributed by atoms with E-state index in [1.165, 1.54) is 11.8 Å². The van der Waals surface area contributed by atoms with Crippen molar-refractivity contribution in [2.24, 2.45) is 5.92 Å². The van der Waals surface area contributed by atoms with Crippen LogP contribution in [0, 0.1) is 5.92 Å². The normalized spacial score (nSPS) is 22.4. The molecule has 0 aromatic carbocycles. The van der Waals surface area contributed by atoms with Crippen LogP contribution in [-0.4, -0.2) is 52.7 Å². The maximum atomic E-state index is 11.9. The van der Waals surface area contributed by atoms with E-state index in [-0.39, 0.29) is 6.54 Å². The van der Waals surface area contributed by atoms with Gasteiger partial charge in [-0.05, 0) is 27.2 Å². The number of aliphatic hydroxyl groups excluding tert-OH is 1. The topological polar surface area (TPSA) is 108 Å². The molecule has 1 aliphatic rings. The Morgan fingerprint density at radius 3 is 2.33 bits per heavy atom. The van der Waals surface area contributed by atoms with E-state index in [9.17, 15) is 19.5 Å². The molecule has 0 aromatic heterocycles. The van der Waals surface area contributed by atoms with Gasteiger partial charge in [-0.3, -0.25) is 20.4 Å². The standard InChI is InChI=1S/C13H23N3O5/c1-8(17)14-15-11(19)9-5-6-16(7-10(9)18)12(20)21-13(2,3)4/h9-10,18H,5-7H2,1-4H3,(H,14,17)(H,15,19). The average Bonchev–Trinajstić information content (AvgIpc) is 2.33. The lowest BCUT2D eigenvalue weighted by Crippen LogP contribution is -2.54. The van der Waals surface area contributed by atoms with Crippen LogP contribution in [0.5, 0.6) is 0 Å². The third-order valence-corrected chi connectivity index (χ3v) is 2.93. The average molecular weight is 301 g/mol. The molecular formula is C13H23N3O5. The third kappa shape index (κ3) is 5.58. The molecule has 1 heterocycles. The van der Waals surface area contributed by atoms with Crippen molar-refractivity contribution in [3.63, 3.8) is 0 Å². The lowest BCUT2D eigenvalue weighted by molar-refractivity contribution is -0.135. The highest BCUT2D eigenvalue weighted by molar-refractivity contribution is 5.83. The second-order valence-corrected chi connectivity index (χ2v) is 6.06. The predicted molar refractivity (Wildman–Crippen MR) is 73.9 cm³/mol. The van der Waals surface area contributed by atoms with Crippen molar-refractivity contribution in [1.29, 1.82) is 0 Å². The van der Waals surface area contributed by atoms with Crippen molar-refractivity contribution in [3.8, 4) is 0 Å². The number of β-amino-alcohol motifs (C(OH)–C–C–N with tert-alkyl or cyclic N) is 1. The number of hydrazine groups is 1. The lowest BCUT2D eigenvalue weighted by atomic mass is 9.93. The minimum Gasteiger partial charge on any atom is -0.444 e. The van der Waals surface area contributed by atoms with Gasteiger partial charge in [0.15, 0.2) is 0 Å². The first-order valence-corrected chi connectivity index (χ1v) is 6.82. The Kier molecular flexibility index (Phi) is 5.54. The second-order valence-electron chi connectivity index (χ2n) is 6.06. The van der Waals surface area contributed by atoms with Crippen LogP contribution in [0.2, 0.25) is 0 Å². The number of rotatable bonds is 1. The van der Waals surface area contributed by atoms with Gasteiger partial charge in [-0.15, -0.1) is 0 Å². The molecule has 8 heteroatoms. The van der Waals surface area contributed by atoms with Crippen LogP contribution in [-0.2, 0) is 14.3 Å². The highest BCUT2D eigenvalue weighted by Crippen LogP contribution is 2.20. The van der Waals surface area contributed by atoms with Crippen molar-refractivity contribution in [2.75, 3.05) is 13.1 Å². The number of carbonyl (C=O) groups excluding carboxylic acids is 3. The van der Waals surface area contributed by atoms with Gasteiger partial charge in [-0.25, -0.2) is 4.79 Å². The molecular weight excluding hydrogens is 278 g/mol. The van der Waals surface area contributed by atoms with Crippen molar-refractivity contribution in [1.82, 2.24) is 15.8 Å². The lowest BCUT2D eigenvalue weighted by Gasteiger charge is -2.35. The number of piperidine rings is 1. The highest BCUT2D eigenvalue weighted by Gasteiger charge is 2.36. The zero-order chi connectivity index (χ0) is 16.2. The van der Waals surface area contributed by atoms with E-state index in [1.54, 1.807) is 20.8 Å². The van der Waals surface area contributed by atoms with Crippen molar-refractivity contribution >= 4 is 17.9 Å². The second kappa shape index (κ2) is 6.75. The summed E-state index contributed by atoms with van der Waals surface area (Å²) in [5.41, 5.74) is 3.80. The molecule has 0 bridgehead atoms. The summed E-state index contributed by atoms with van der Waals surface area (Å²) in [7, 11) is 0. The molecule has 3 N–H and O–H groups in total. The van der Waals surface area contributed by atoms with Crippen LogP contribution >= 0.6 is 0 Å². The minimum absolute atomic E-state index is 0.0209. The van der Waals surface area contributed by atoms with Crippen LogP contribution < -0.4 is 10.9 Å². The summed E-state index contributed by atoms with van der Waals surface area (Å²) in [6, 6.07) is 0. The molecule has 3 amide bonds. The Labute approximate surface area is 123 Å². The van der Waals surface area contributed by atoms with E-state index in [2.05, 4.69) is 10.9 Å². The van der Waals surface area contributed by atoms with E-state index < -0.39 is 35.5 Å². The van der Waals surface area contributed by atoms with Crippen LogP contribution in [0.4, 0.5) is 4.79 Å². The number of aliphatic hydroxyl groups is 1. The van der Waals surface area contributed by atoms with Gasteiger partial charge in [0.2, 0.25) is 11.8 Å². The number of nitrogens with one attached hydrogen (secondary N) is 2. The smallest absolute Gasteiger partial charge is 0.410 e. The summed E-state index contributed by atoms with van der Waals surface area (Å²) in [4.78, 5) is 35.8. The fraction of sp³-hybridized carbons (Fsp3) is 0.769. The van der Waals surface area contributed by atoms with E-state index >= 15 is 0 Å². The van der Waals surface area contributed by atoms with Crippen molar-refractivity contribution < 1.29 is 24.2 Å². The third-order valence-electron chi connectivity index (χ3n) is 2.93. The minimum atomic E-state index is -1.000. The predicted octanol–water partition coefficient (Wildman–Crippen LogP) is -0.228.